The summed E-state index contributed by atoms with van der Waals surface area (Å²) in [6.07, 6.45) is 1.80. The molecule has 6 nitrogen and oxygen atoms in total. The van der Waals surface area contributed by atoms with E-state index >= 15 is 0 Å². The van der Waals surface area contributed by atoms with Gasteiger partial charge in [0.15, 0.2) is 0 Å². The summed E-state index contributed by atoms with van der Waals surface area (Å²) < 4.78 is 1.53. The molecule has 25 heavy (non-hydrogen) atoms. The SMILES string of the molecule is CC(=O)NCc1ccc(-n2cc3cc(C(C)(C)C)[nH]c3nc2=O)cc1. The van der Waals surface area contributed by atoms with E-state index in [1.54, 1.807) is 6.20 Å². The molecule has 0 spiro atoms. The van der Waals surface area contributed by atoms with Crippen LogP contribution in [0.5, 0.6) is 0 Å². The highest BCUT2D eigenvalue weighted by molar-refractivity contribution is 5.76. The summed E-state index contributed by atoms with van der Waals surface area (Å²) in [6.45, 7) is 8.28. The fraction of sp³-hybridized carbons (Fsp3) is 0.316. The predicted octanol–water partition coefficient (Wildman–Crippen LogP) is 2.65. The van der Waals surface area contributed by atoms with Gasteiger partial charge in [0, 0.05) is 36.2 Å². The number of carbonyl (C=O) groups is 1. The second-order valence-corrected chi connectivity index (χ2v) is 7.21. The van der Waals surface area contributed by atoms with E-state index in [-0.39, 0.29) is 17.0 Å². The molecule has 0 atom stereocenters. The van der Waals surface area contributed by atoms with E-state index in [0.717, 1.165) is 22.3 Å². The smallest absolute Gasteiger partial charge is 0.352 e. The molecule has 0 saturated carbocycles. The monoisotopic (exact) mass is 338 g/mol. The number of nitrogens with zero attached hydrogens (tertiary/aromatic N) is 2. The molecule has 0 aliphatic carbocycles. The molecule has 2 N–H and O–H groups in total. The Hall–Kier alpha value is -2.89. The Morgan fingerprint density at radius 3 is 2.52 bits per heavy atom. The van der Waals surface area contributed by atoms with Gasteiger partial charge in [0.2, 0.25) is 5.91 Å². The van der Waals surface area contributed by atoms with E-state index in [4.69, 9.17) is 0 Å². The van der Waals surface area contributed by atoms with Crippen molar-refractivity contribution in [3.63, 3.8) is 0 Å². The Kier molecular flexibility index (Phi) is 4.20. The Balaban J connectivity index is 1.96. The third kappa shape index (κ3) is 3.63. The van der Waals surface area contributed by atoms with Gasteiger partial charge in [0.25, 0.3) is 0 Å². The molecule has 1 aromatic carbocycles. The first-order valence-corrected chi connectivity index (χ1v) is 8.21. The number of H-pyrrole nitrogens is 1. The summed E-state index contributed by atoms with van der Waals surface area (Å²) in [5.74, 6) is -0.0722. The number of fused-ring (bicyclic) bond motifs is 1. The van der Waals surface area contributed by atoms with E-state index in [2.05, 4.69) is 36.1 Å². The van der Waals surface area contributed by atoms with Gasteiger partial charge in [-0.25, -0.2) is 4.79 Å². The topological polar surface area (TPSA) is 79.8 Å². The molecule has 0 unspecified atom stereocenters. The maximum absolute atomic E-state index is 12.4. The first-order valence-electron chi connectivity index (χ1n) is 8.21. The third-order valence-corrected chi connectivity index (χ3v) is 4.07. The van der Waals surface area contributed by atoms with Crippen LogP contribution >= 0.6 is 0 Å². The highest BCUT2D eigenvalue weighted by atomic mass is 16.1. The Bertz CT molecular complexity index is 975. The minimum atomic E-state index is -0.329. The lowest BCUT2D eigenvalue weighted by Crippen LogP contribution is -2.21. The van der Waals surface area contributed by atoms with Gasteiger partial charge in [-0.15, -0.1) is 0 Å². The van der Waals surface area contributed by atoms with Gasteiger partial charge in [-0.3, -0.25) is 9.36 Å². The summed E-state index contributed by atoms with van der Waals surface area (Å²) in [6, 6.07) is 9.51. The van der Waals surface area contributed by atoms with E-state index in [0.29, 0.717) is 12.2 Å². The van der Waals surface area contributed by atoms with E-state index < -0.39 is 0 Å². The number of aromatic amines is 1. The van der Waals surface area contributed by atoms with Gasteiger partial charge in [0.1, 0.15) is 5.65 Å². The molecule has 0 aliphatic heterocycles. The van der Waals surface area contributed by atoms with Crippen molar-refractivity contribution >= 4 is 16.9 Å². The zero-order valence-electron chi connectivity index (χ0n) is 14.9. The standard InChI is InChI=1S/C19H22N4O2/c1-12(24)20-10-13-5-7-15(8-6-13)23-11-14-9-16(19(2,3)4)21-17(14)22-18(23)25/h5-9,11H,10H2,1-4H3,(H,20,24)(H,21,22,25). The van der Waals surface area contributed by atoms with Crippen molar-refractivity contribution in [2.24, 2.45) is 0 Å². The number of aromatic nitrogens is 3. The molecular weight excluding hydrogens is 316 g/mol. The molecule has 3 rings (SSSR count). The number of rotatable bonds is 3. The van der Waals surface area contributed by atoms with Crippen LogP contribution in [0.1, 0.15) is 39.0 Å². The van der Waals surface area contributed by atoms with Gasteiger partial charge in [-0.2, -0.15) is 4.98 Å². The molecule has 0 radical (unpaired) electrons. The van der Waals surface area contributed by atoms with Crippen LogP contribution in [-0.2, 0) is 16.8 Å². The van der Waals surface area contributed by atoms with Gasteiger partial charge in [-0.1, -0.05) is 32.9 Å². The maximum atomic E-state index is 12.4. The summed E-state index contributed by atoms with van der Waals surface area (Å²) in [7, 11) is 0. The predicted molar refractivity (Wildman–Crippen MR) is 97.9 cm³/mol. The summed E-state index contributed by atoms with van der Waals surface area (Å²) in [5.41, 5.74) is 2.98. The van der Waals surface area contributed by atoms with Crippen molar-refractivity contribution in [1.29, 1.82) is 0 Å². The van der Waals surface area contributed by atoms with Gasteiger partial charge in [0.05, 0.1) is 5.69 Å². The first kappa shape index (κ1) is 17.0. The summed E-state index contributed by atoms with van der Waals surface area (Å²) >= 11 is 0. The highest BCUT2D eigenvalue weighted by Gasteiger charge is 2.17. The molecule has 0 fully saturated rings. The van der Waals surface area contributed by atoms with Crippen LogP contribution in [0.4, 0.5) is 0 Å². The Morgan fingerprint density at radius 2 is 1.92 bits per heavy atom. The van der Waals surface area contributed by atoms with Crippen molar-refractivity contribution in [1.82, 2.24) is 19.9 Å². The van der Waals surface area contributed by atoms with Crippen molar-refractivity contribution in [2.75, 3.05) is 0 Å². The number of hydrogen-bond acceptors (Lipinski definition) is 3. The molecule has 0 saturated heterocycles. The van der Waals surface area contributed by atoms with Gasteiger partial charge >= 0.3 is 5.69 Å². The van der Waals surface area contributed by atoms with Crippen LogP contribution in [0.2, 0.25) is 0 Å². The number of hydrogen-bond donors (Lipinski definition) is 2. The molecule has 6 heteroatoms. The molecule has 3 aromatic rings. The first-order chi connectivity index (χ1) is 11.7. The van der Waals surface area contributed by atoms with Crippen LogP contribution in [0, 0.1) is 0 Å². The van der Waals surface area contributed by atoms with Crippen molar-refractivity contribution in [3.8, 4) is 5.69 Å². The number of carbonyl (C=O) groups excluding carboxylic acids is 1. The minimum absolute atomic E-state index is 0.0417. The van der Waals surface area contributed by atoms with Crippen LogP contribution in [-0.4, -0.2) is 20.4 Å². The maximum Gasteiger partial charge on any atom is 0.354 e. The average molecular weight is 338 g/mol. The van der Waals surface area contributed by atoms with E-state index in [1.165, 1.54) is 11.5 Å². The quantitative estimate of drug-likeness (QED) is 0.770. The van der Waals surface area contributed by atoms with Crippen LogP contribution in [0.15, 0.2) is 41.3 Å². The minimum Gasteiger partial charge on any atom is -0.352 e. The highest BCUT2D eigenvalue weighted by Crippen LogP contribution is 2.24. The zero-order valence-corrected chi connectivity index (χ0v) is 14.9. The van der Waals surface area contributed by atoms with E-state index in [9.17, 15) is 9.59 Å². The summed E-state index contributed by atoms with van der Waals surface area (Å²) in [5, 5.41) is 3.64. The number of benzene rings is 1. The lowest BCUT2D eigenvalue weighted by atomic mass is 9.92. The second-order valence-electron chi connectivity index (χ2n) is 7.21. The largest absolute Gasteiger partial charge is 0.354 e. The lowest BCUT2D eigenvalue weighted by molar-refractivity contribution is -0.119. The Labute approximate surface area is 145 Å². The second kappa shape index (κ2) is 6.20. The van der Waals surface area contributed by atoms with Crippen molar-refractivity contribution < 1.29 is 4.79 Å². The Morgan fingerprint density at radius 1 is 1.24 bits per heavy atom. The van der Waals surface area contributed by atoms with Crippen molar-refractivity contribution in [2.45, 2.75) is 39.7 Å². The van der Waals surface area contributed by atoms with Crippen molar-refractivity contribution in [3.05, 3.63) is 58.3 Å². The molecule has 2 aromatic heterocycles. The number of amides is 1. The van der Waals surface area contributed by atoms with E-state index in [1.807, 2.05) is 30.3 Å². The van der Waals surface area contributed by atoms with Gasteiger partial charge < -0.3 is 10.3 Å². The average Bonchev–Trinajstić information content (AvgIpc) is 2.96. The molecule has 0 bridgehead atoms. The lowest BCUT2D eigenvalue weighted by Gasteiger charge is -2.15. The van der Waals surface area contributed by atoms with Crippen LogP contribution in [0.25, 0.3) is 16.7 Å². The number of nitrogens with one attached hydrogen (secondary N) is 2. The molecular formula is C19H22N4O2. The van der Waals surface area contributed by atoms with Crippen LogP contribution < -0.4 is 11.0 Å². The molecule has 2 heterocycles. The molecule has 1 amide bonds. The zero-order chi connectivity index (χ0) is 18.2. The van der Waals surface area contributed by atoms with Crippen LogP contribution in [0.3, 0.4) is 0 Å². The molecule has 130 valence electrons. The fourth-order valence-electron chi connectivity index (χ4n) is 2.58. The van der Waals surface area contributed by atoms with Gasteiger partial charge in [-0.05, 0) is 23.8 Å². The molecule has 0 aliphatic rings. The fourth-order valence-corrected chi connectivity index (χ4v) is 2.58. The third-order valence-electron chi connectivity index (χ3n) is 4.07. The normalized spacial score (nSPS) is 11.7. The summed E-state index contributed by atoms with van der Waals surface area (Å²) in [4.78, 5) is 30.7.